The number of aliphatic hydroxyl groups excluding tert-OH is 1. The van der Waals surface area contributed by atoms with E-state index in [0.717, 1.165) is 5.56 Å². The highest BCUT2D eigenvalue weighted by atomic mass is 16.5. The van der Waals surface area contributed by atoms with Gasteiger partial charge in [0.15, 0.2) is 0 Å². The molecule has 1 unspecified atom stereocenters. The molecule has 1 aliphatic rings. The van der Waals surface area contributed by atoms with Crippen molar-refractivity contribution >= 4 is 23.1 Å². The molecular weight excluding hydrogens is 454 g/mol. The van der Waals surface area contributed by atoms with Crippen molar-refractivity contribution in [1.29, 1.82) is 0 Å². The summed E-state index contributed by atoms with van der Waals surface area (Å²) in [4.78, 5) is 27.8. The number of amides is 1. The zero-order valence-corrected chi connectivity index (χ0v) is 19.5. The number of hydrogen-bond donors (Lipinski definition) is 2. The first-order valence-corrected chi connectivity index (χ1v) is 11.4. The lowest BCUT2D eigenvalue weighted by atomic mass is 9.94. The van der Waals surface area contributed by atoms with E-state index in [1.807, 2.05) is 49.4 Å². The zero-order chi connectivity index (χ0) is 25.2. The number of nitrogens with zero attached hydrogens (tertiary/aromatic N) is 1. The minimum Gasteiger partial charge on any atom is -0.507 e. The van der Waals surface area contributed by atoms with Crippen LogP contribution in [0.25, 0.3) is 5.76 Å². The van der Waals surface area contributed by atoms with Crippen LogP contribution in [0.1, 0.15) is 22.7 Å². The zero-order valence-electron chi connectivity index (χ0n) is 19.5. The van der Waals surface area contributed by atoms with Crippen molar-refractivity contribution in [2.75, 3.05) is 4.90 Å². The largest absolute Gasteiger partial charge is 0.507 e. The van der Waals surface area contributed by atoms with Crippen LogP contribution >= 0.6 is 0 Å². The van der Waals surface area contributed by atoms with Gasteiger partial charge in [0, 0.05) is 5.56 Å². The number of phenols is 1. The van der Waals surface area contributed by atoms with Crippen molar-refractivity contribution in [2.45, 2.75) is 13.0 Å². The Kier molecular flexibility index (Phi) is 6.00. The lowest BCUT2D eigenvalue weighted by molar-refractivity contribution is -0.132. The summed E-state index contributed by atoms with van der Waals surface area (Å²) >= 11 is 0. The normalized spacial score (nSPS) is 16.8. The smallest absolute Gasteiger partial charge is 0.300 e. The molecule has 6 heteroatoms. The predicted octanol–water partition coefficient (Wildman–Crippen LogP) is 6.12. The van der Waals surface area contributed by atoms with Gasteiger partial charge in [0.25, 0.3) is 11.7 Å². The van der Waals surface area contributed by atoms with Gasteiger partial charge in [-0.3, -0.25) is 14.5 Å². The Labute approximate surface area is 208 Å². The second-order valence-electron chi connectivity index (χ2n) is 8.51. The molecule has 6 nitrogen and oxygen atoms in total. The lowest BCUT2D eigenvalue weighted by Gasteiger charge is -2.26. The van der Waals surface area contributed by atoms with Gasteiger partial charge in [-0.25, -0.2) is 0 Å². The summed E-state index contributed by atoms with van der Waals surface area (Å²) in [6.45, 7) is 1.92. The van der Waals surface area contributed by atoms with Gasteiger partial charge in [0.1, 0.15) is 23.0 Å². The fourth-order valence-electron chi connectivity index (χ4n) is 4.30. The number of carbonyl (C=O) groups is 2. The van der Waals surface area contributed by atoms with Crippen molar-refractivity contribution < 1.29 is 24.5 Å². The maximum absolute atomic E-state index is 13.3. The number of hydrogen-bond acceptors (Lipinski definition) is 5. The van der Waals surface area contributed by atoms with Gasteiger partial charge in [-0.15, -0.1) is 0 Å². The number of phenolic OH excluding ortho intramolecular Hbond substituents is 1. The van der Waals surface area contributed by atoms with Crippen LogP contribution in [0.5, 0.6) is 17.2 Å². The Morgan fingerprint density at radius 2 is 1.47 bits per heavy atom. The molecule has 1 amide bonds. The van der Waals surface area contributed by atoms with Crippen molar-refractivity contribution in [3.8, 4) is 17.2 Å². The molecule has 0 spiro atoms. The molecule has 0 aliphatic carbocycles. The minimum atomic E-state index is -0.987. The third-order valence-corrected chi connectivity index (χ3v) is 6.06. The van der Waals surface area contributed by atoms with E-state index in [-0.39, 0.29) is 22.8 Å². The highest BCUT2D eigenvalue weighted by Gasteiger charge is 2.47. The van der Waals surface area contributed by atoms with Crippen LogP contribution in [-0.2, 0) is 9.59 Å². The molecule has 0 aromatic heterocycles. The highest BCUT2D eigenvalue weighted by Crippen LogP contribution is 2.45. The number of carbonyl (C=O) groups excluding carboxylic acids is 2. The van der Waals surface area contributed by atoms with E-state index in [2.05, 4.69) is 0 Å². The van der Waals surface area contributed by atoms with E-state index in [1.54, 1.807) is 54.6 Å². The number of ketones is 1. The van der Waals surface area contributed by atoms with Crippen LogP contribution in [0.4, 0.5) is 5.69 Å². The van der Waals surface area contributed by atoms with Crippen LogP contribution in [0.2, 0.25) is 0 Å². The fraction of sp³-hybridized carbons (Fsp3) is 0.0667. The van der Waals surface area contributed by atoms with Crippen LogP contribution in [0.15, 0.2) is 109 Å². The van der Waals surface area contributed by atoms with E-state index in [1.165, 1.54) is 11.0 Å². The quantitative estimate of drug-likeness (QED) is 0.205. The first-order valence-electron chi connectivity index (χ1n) is 11.4. The number of aliphatic hydroxyl groups is 1. The minimum absolute atomic E-state index is 0.0658. The molecule has 1 saturated heterocycles. The molecule has 0 saturated carbocycles. The summed E-state index contributed by atoms with van der Waals surface area (Å²) in [7, 11) is 0. The number of rotatable bonds is 5. The SMILES string of the molecule is Cc1ccc(/C(O)=C2/C(=O)C(=O)N(c3ccccc3O)C2c2cccc(Oc3ccccc3)c2)cc1. The Morgan fingerprint density at radius 1 is 0.806 bits per heavy atom. The molecule has 2 N–H and O–H groups in total. The summed E-state index contributed by atoms with van der Waals surface area (Å²) in [6, 6.07) is 28.6. The summed E-state index contributed by atoms with van der Waals surface area (Å²) in [6.07, 6.45) is 0. The predicted molar refractivity (Wildman–Crippen MR) is 137 cm³/mol. The van der Waals surface area contributed by atoms with Gasteiger partial charge in [0.2, 0.25) is 0 Å². The molecule has 36 heavy (non-hydrogen) atoms. The van der Waals surface area contributed by atoms with Gasteiger partial charge in [-0.05, 0) is 48.9 Å². The first-order chi connectivity index (χ1) is 17.4. The molecule has 1 aliphatic heterocycles. The Balaban J connectivity index is 1.68. The van der Waals surface area contributed by atoms with E-state index < -0.39 is 17.7 Å². The van der Waals surface area contributed by atoms with Gasteiger partial charge < -0.3 is 14.9 Å². The molecule has 178 valence electrons. The monoisotopic (exact) mass is 477 g/mol. The van der Waals surface area contributed by atoms with Gasteiger partial charge in [-0.1, -0.05) is 72.3 Å². The molecule has 1 fully saturated rings. The van der Waals surface area contributed by atoms with Gasteiger partial charge in [0.05, 0.1) is 17.3 Å². The number of para-hydroxylation sites is 3. The van der Waals surface area contributed by atoms with Gasteiger partial charge >= 0.3 is 0 Å². The summed E-state index contributed by atoms with van der Waals surface area (Å²) in [5, 5.41) is 21.8. The van der Waals surface area contributed by atoms with E-state index in [9.17, 15) is 19.8 Å². The number of benzene rings is 4. The van der Waals surface area contributed by atoms with Crippen LogP contribution in [-0.4, -0.2) is 21.9 Å². The maximum Gasteiger partial charge on any atom is 0.300 e. The Bertz CT molecular complexity index is 1470. The van der Waals surface area contributed by atoms with Crippen molar-refractivity contribution in [3.63, 3.8) is 0 Å². The molecule has 1 atom stereocenters. The highest BCUT2D eigenvalue weighted by molar-refractivity contribution is 6.51. The molecule has 0 radical (unpaired) electrons. The summed E-state index contributed by atoms with van der Waals surface area (Å²) in [5.41, 5.74) is 2.05. The van der Waals surface area contributed by atoms with Gasteiger partial charge in [-0.2, -0.15) is 0 Å². The topological polar surface area (TPSA) is 87.1 Å². The fourth-order valence-corrected chi connectivity index (χ4v) is 4.30. The van der Waals surface area contributed by atoms with E-state index in [4.69, 9.17) is 4.74 Å². The maximum atomic E-state index is 13.3. The molecule has 4 aromatic carbocycles. The summed E-state index contributed by atoms with van der Waals surface area (Å²) < 4.78 is 5.97. The first kappa shape index (κ1) is 22.9. The average Bonchev–Trinajstić information content (AvgIpc) is 3.15. The van der Waals surface area contributed by atoms with Crippen molar-refractivity contribution in [2.24, 2.45) is 0 Å². The van der Waals surface area contributed by atoms with Crippen LogP contribution in [0, 0.1) is 6.92 Å². The Hall–Kier alpha value is -4.84. The summed E-state index contributed by atoms with van der Waals surface area (Å²) in [5.74, 6) is -0.997. The van der Waals surface area contributed by atoms with E-state index >= 15 is 0 Å². The molecule has 1 heterocycles. The van der Waals surface area contributed by atoms with Crippen molar-refractivity contribution in [1.82, 2.24) is 0 Å². The Morgan fingerprint density at radius 3 is 2.19 bits per heavy atom. The second kappa shape index (κ2) is 9.43. The number of Topliss-reactive ketones (excluding diaryl/α,β-unsaturated/α-hetero) is 1. The standard InChI is InChI=1S/C30H23NO5/c1-19-14-16-20(17-15-19)28(33)26-27(31(30(35)29(26)34)24-12-5-6-13-25(24)32)21-8-7-11-23(18-21)36-22-9-3-2-4-10-22/h2-18,27,32-33H,1H3/b28-26-. The molecule has 5 rings (SSSR count). The number of anilines is 1. The third kappa shape index (κ3) is 4.20. The number of ether oxygens (including phenoxy) is 1. The van der Waals surface area contributed by atoms with E-state index in [0.29, 0.717) is 22.6 Å². The van der Waals surface area contributed by atoms with Crippen molar-refractivity contribution in [3.05, 3.63) is 125 Å². The average molecular weight is 478 g/mol. The van der Waals surface area contributed by atoms with Crippen LogP contribution in [0.3, 0.4) is 0 Å². The number of aryl methyl sites for hydroxylation is 1. The van der Waals surface area contributed by atoms with Crippen LogP contribution < -0.4 is 9.64 Å². The molecule has 0 bridgehead atoms. The number of aromatic hydroxyl groups is 1. The molecule has 4 aromatic rings. The second-order valence-corrected chi connectivity index (χ2v) is 8.51. The third-order valence-electron chi connectivity index (χ3n) is 6.06. The lowest BCUT2D eigenvalue weighted by Crippen LogP contribution is -2.29. The molecular formula is C30H23NO5.